The molecule has 0 fully saturated rings. The summed E-state index contributed by atoms with van der Waals surface area (Å²) in [5.41, 5.74) is -1.57. The van der Waals surface area contributed by atoms with Crippen LogP contribution in [0.3, 0.4) is 0 Å². The number of hydrogen-bond donors (Lipinski definition) is 0. The number of hydrogen-bond acceptors (Lipinski definition) is 3. The molecular weight excluding hydrogens is 325 g/mol. The number of halogens is 3. The van der Waals surface area contributed by atoms with Gasteiger partial charge in [0.05, 0.1) is 6.20 Å². The Labute approximate surface area is 136 Å². The summed E-state index contributed by atoms with van der Waals surface area (Å²) in [5, 5.41) is 4.01. The molecule has 130 valence electrons. The molecule has 0 saturated heterocycles. The normalized spacial score (nSPS) is 11.5. The molecule has 2 aromatic heterocycles. The average Bonchev–Trinajstić information content (AvgIpc) is 2.91. The first kappa shape index (κ1) is 17.8. The topological polar surface area (TPSA) is 60.1 Å². The smallest absolute Gasteiger partial charge is 0.344 e. The first-order valence-corrected chi connectivity index (χ1v) is 7.16. The van der Waals surface area contributed by atoms with Crippen LogP contribution in [0.15, 0.2) is 35.5 Å². The van der Waals surface area contributed by atoms with Gasteiger partial charge >= 0.3 is 6.18 Å². The van der Waals surface area contributed by atoms with Gasteiger partial charge in [0.1, 0.15) is 12.1 Å². The molecule has 1 amide bonds. The molecule has 0 bridgehead atoms. The van der Waals surface area contributed by atoms with E-state index in [1.807, 2.05) is 6.20 Å². The highest BCUT2D eigenvalue weighted by atomic mass is 19.4. The average molecular weight is 342 g/mol. The van der Waals surface area contributed by atoms with Crippen molar-refractivity contribution < 1.29 is 18.0 Å². The maximum absolute atomic E-state index is 12.7. The lowest BCUT2D eigenvalue weighted by Crippen LogP contribution is -2.36. The molecule has 0 spiro atoms. The second kappa shape index (κ2) is 6.90. The first-order chi connectivity index (χ1) is 11.2. The van der Waals surface area contributed by atoms with Gasteiger partial charge in [-0.2, -0.15) is 18.3 Å². The fourth-order valence-electron chi connectivity index (χ4n) is 2.17. The highest BCUT2D eigenvalue weighted by Crippen LogP contribution is 2.25. The third-order valence-electron chi connectivity index (χ3n) is 3.55. The Morgan fingerprint density at radius 1 is 1.38 bits per heavy atom. The number of amides is 1. The number of aromatic nitrogens is 3. The Kier molecular flexibility index (Phi) is 5.10. The van der Waals surface area contributed by atoms with Crippen molar-refractivity contribution in [2.45, 2.75) is 19.1 Å². The van der Waals surface area contributed by atoms with Crippen LogP contribution in [0.4, 0.5) is 13.2 Å². The SMILES string of the molecule is CN(CCc1cnn(C)c1)C(=O)Cn1cccc(C(F)(F)F)c1=O. The summed E-state index contributed by atoms with van der Waals surface area (Å²) in [6.07, 6.45) is 0.485. The molecule has 24 heavy (non-hydrogen) atoms. The zero-order valence-electron chi connectivity index (χ0n) is 13.2. The Balaban J connectivity index is 2.02. The van der Waals surface area contributed by atoms with Crippen LogP contribution < -0.4 is 5.56 Å². The van der Waals surface area contributed by atoms with Crippen molar-refractivity contribution in [2.24, 2.45) is 7.05 Å². The fraction of sp³-hybridized carbons (Fsp3) is 0.400. The van der Waals surface area contributed by atoms with Crippen LogP contribution in [-0.4, -0.2) is 38.7 Å². The number of pyridine rings is 1. The first-order valence-electron chi connectivity index (χ1n) is 7.16. The van der Waals surface area contributed by atoms with E-state index in [-0.39, 0.29) is 0 Å². The molecule has 0 aliphatic carbocycles. The minimum absolute atomic E-state index is 0.373. The summed E-state index contributed by atoms with van der Waals surface area (Å²) in [6.45, 7) is -0.0649. The van der Waals surface area contributed by atoms with Gasteiger partial charge in [-0.05, 0) is 24.1 Å². The molecule has 0 N–H and O–H groups in total. The summed E-state index contributed by atoms with van der Waals surface area (Å²) < 4.78 is 40.6. The van der Waals surface area contributed by atoms with Crippen LogP contribution in [0.2, 0.25) is 0 Å². The quantitative estimate of drug-likeness (QED) is 0.823. The van der Waals surface area contributed by atoms with Gasteiger partial charge in [-0.3, -0.25) is 14.3 Å². The fourth-order valence-corrected chi connectivity index (χ4v) is 2.17. The molecule has 6 nitrogen and oxygen atoms in total. The predicted molar refractivity (Wildman–Crippen MR) is 80.3 cm³/mol. The van der Waals surface area contributed by atoms with Crippen LogP contribution in [0.1, 0.15) is 11.1 Å². The van der Waals surface area contributed by atoms with Crippen molar-refractivity contribution in [2.75, 3.05) is 13.6 Å². The van der Waals surface area contributed by atoms with E-state index in [1.165, 1.54) is 18.1 Å². The number of nitrogens with zero attached hydrogens (tertiary/aromatic N) is 4. The second-order valence-corrected chi connectivity index (χ2v) is 5.44. The molecule has 0 aliphatic rings. The molecule has 2 rings (SSSR count). The maximum Gasteiger partial charge on any atom is 0.421 e. The van der Waals surface area contributed by atoms with E-state index in [0.717, 1.165) is 16.2 Å². The lowest BCUT2D eigenvalue weighted by Gasteiger charge is -2.18. The molecule has 2 heterocycles. The summed E-state index contributed by atoms with van der Waals surface area (Å²) >= 11 is 0. The lowest BCUT2D eigenvalue weighted by atomic mass is 10.2. The Hall–Kier alpha value is -2.58. The van der Waals surface area contributed by atoms with E-state index < -0.39 is 29.8 Å². The maximum atomic E-state index is 12.7. The third-order valence-corrected chi connectivity index (χ3v) is 3.55. The van der Waals surface area contributed by atoms with Crippen LogP contribution >= 0.6 is 0 Å². The van der Waals surface area contributed by atoms with Crippen molar-refractivity contribution in [3.63, 3.8) is 0 Å². The highest BCUT2D eigenvalue weighted by molar-refractivity contribution is 5.75. The molecule has 0 unspecified atom stereocenters. The Bertz CT molecular complexity index is 780. The molecule has 0 saturated carbocycles. The molecule has 9 heteroatoms. The number of aryl methyl sites for hydroxylation is 1. The van der Waals surface area contributed by atoms with E-state index in [0.29, 0.717) is 19.0 Å². The van der Waals surface area contributed by atoms with E-state index in [1.54, 1.807) is 17.9 Å². The van der Waals surface area contributed by atoms with Crippen molar-refractivity contribution in [3.8, 4) is 0 Å². The van der Waals surface area contributed by atoms with Crippen LogP contribution in [-0.2, 0) is 31.0 Å². The Morgan fingerprint density at radius 2 is 2.08 bits per heavy atom. The summed E-state index contributed by atoms with van der Waals surface area (Å²) in [7, 11) is 3.32. The zero-order valence-corrected chi connectivity index (χ0v) is 13.2. The zero-order chi connectivity index (χ0) is 17.9. The highest BCUT2D eigenvalue weighted by Gasteiger charge is 2.34. The predicted octanol–water partition coefficient (Wildman–Crippen LogP) is 1.30. The molecule has 0 radical (unpaired) electrons. The lowest BCUT2D eigenvalue weighted by molar-refractivity contribution is -0.139. The standard InChI is InChI=1S/C15H17F3N4O2/c1-20(7-5-11-8-19-21(2)9-11)13(23)10-22-6-3-4-12(14(22)24)15(16,17)18/h3-4,6,8-9H,5,7,10H2,1-2H3. The number of rotatable bonds is 5. The van der Waals surface area contributed by atoms with E-state index >= 15 is 0 Å². The molecule has 2 aromatic rings. The summed E-state index contributed by atoms with van der Waals surface area (Å²) in [5.74, 6) is -0.444. The van der Waals surface area contributed by atoms with Gasteiger partial charge in [-0.15, -0.1) is 0 Å². The monoisotopic (exact) mass is 342 g/mol. The third kappa shape index (κ3) is 4.24. The minimum Gasteiger partial charge on any atom is -0.344 e. The van der Waals surface area contributed by atoms with Crippen molar-refractivity contribution in [1.29, 1.82) is 0 Å². The van der Waals surface area contributed by atoms with Gasteiger partial charge in [-0.25, -0.2) is 0 Å². The number of carbonyl (C=O) groups is 1. The van der Waals surface area contributed by atoms with Crippen LogP contribution in [0.25, 0.3) is 0 Å². The minimum atomic E-state index is -4.74. The largest absolute Gasteiger partial charge is 0.421 e. The van der Waals surface area contributed by atoms with E-state index in [2.05, 4.69) is 5.10 Å². The van der Waals surface area contributed by atoms with E-state index in [4.69, 9.17) is 0 Å². The van der Waals surface area contributed by atoms with Crippen molar-refractivity contribution >= 4 is 5.91 Å². The summed E-state index contributed by atoms with van der Waals surface area (Å²) in [4.78, 5) is 25.3. The molecular formula is C15H17F3N4O2. The van der Waals surface area contributed by atoms with Crippen LogP contribution in [0, 0.1) is 0 Å². The number of likely N-dealkylation sites (N-methyl/N-ethyl adjacent to an activating group) is 1. The number of alkyl halides is 3. The van der Waals surface area contributed by atoms with Gasteiger partial charge in [0.25, 0.3) is 5.56 Å². The van der Waals surface area contributed by atoms with Crippen molar-refractivity contribution in [3.05, 3.63) is 52.2 Å². The second-order valence-electron chi connectivity index (χ2n) is 5.44. The molecule has 0 atom stereocenters. The van der Waals surface area contributed by atoms with E-state index in [9.17, 15) is 22.8 Å². The van der Waals surface area contributed by atoms with Gasteiger partial charge in [0.15, 0.2) is 0 Å². The van der Waals surface area contributed by atoms with Crippen LogP contribution in [0.5, 0.6) is 0 Å². The number of carbonyl (C=O) groups excluding carboxylic acids is 1. The van der Waals surface area contributed by atoms with Crippen molar-refractivity contribution in [1.82, 2.24) is 19.2 Å². The Morgan fingerprint density at radius 3 is 2.67 bits per heavy atom. The molecule has 0 aromatic carbocycles. The van der Waals surface area contributed by atoms with Gasteiger partial charge < -0.3 is 9.47 Å². The van der Waals surface area contributed by atoms with Gasteiger partial charge in [0.2, 0.25) is 5.91 Å². The van der Waals surface area contributed by atoms with Gasteiger partial charge in [-0.1, -0.05) is 0 Å². The molecule has 0 aliphatic heterocycles. The summed E-state index contributed by atoms with van der Waals surface area (Å²) in [6, 6.07) is 1.81. The van der Waals surface area contributed by atoms with Gasteiger partial charge in [0, 0.05) is 33.0 Å².